The fourth-order valence-corrected chi connectivity index (χ4v) is 2.16. The zero-order valence-electron chi connectivity index (χ0n) is 11.8. The predicted octanol–water partition coefficient (Wildman–Crippen LogP) is 1.41. The molecule has 1 aliphatic heterocycles. The van der Waals surface area contributed by atoms with E-state index in [0.29, 0.717) is 0 Å². The number of benzene rings is 1. The lowest BCUT2D eigenvalue weighted by Gasteiger charge is -2.24. The minimum atomic E-state index is 0.186. The summed E-state index contributed by atoms with van der Waals surface area (Å²) in [5.74, 6) is 1.67. The van der Waals surface area contributed by atoms with Crippen molar-refractivity contribution in [2.45, 2.75) is 13.0 Å². The summed E-state index contributed by atoms with van der Waals surface area (Å²) in [6.45, 7) is 5.31. The van der Waals surface area contributed by atoms with E-state index in [1.165, 1.54) is 0 Å². The highest BCUT2D eigenvalue weighted by Crippen LogP contribution is 2.32. The molecule has 5 heteroatoms. The molecule has 0 aliphatic carbocycles. The summed E-state index contributed by atoms with van der Waals surface area (Å²) >= 11 is 0. The number of methoxy groups -OCH3 is 2. The number of nitrogens with one attached hydrogen (secondary N) is 2. The minimum absolute atomic E-state index is 0.186. The SMILES string of the molecule is COc1cc(NCC2CNCCO2)c(OC)cc1C. The number of hydrogen-bond acceptors (Lipinski definition) is 5. The van der Waals surface area contributed by atoms with Crippen LogP contribution in [0.3, 0.4) is 0 Å². The molecule has 0 radical (unpaired) electrons. The standard InChI is InChI=1S/C14H22N2O3/c1-10-6-14(18-3)12(7-13(10)17-2)16-9-11-8-15-4-5-19-11/h6-7,11,15-16H,4-5,8-9H2,1-3H3. The zero-order chi connectivity index (χ0) is 13.7. The van der Waals surface area contributed by atoms with E-state index in [-0.39, 0.29) is 6.10 Å². The third-order valence-electron chi connectivity index (χ3n) is 3.24. The van der Waals surface area contributed by atoms with Crippen molar-refractivity contribution >= 4 is 5.69 Å². The molecule has 0 spiro atoms. The van der Waals surface area contributed by atoms with Crippen LogP contribution in [0, 0.1) is 6.92 Å². The predicted molar refractivity (Wildman–Crippen MR) is 75.4 cm³/mol. The van der Waals surface area contributed by atoms with Gasteiger partial charge >= 0.3 is 0 Å². The van der Waals surface area contributed by atoms with Crippen LogP contribution in [-0.4, -0.2) is 46.6 Å². The molecule has 2 N–H and O–H groups in total. The van der Waals surface area contributed by atoms with Crippen molar-refractivity contribution in [1.29, 1.82) is 0 Å². The molecule has 1 aromatic carbocycles. The van der Waals surface area contributed by atoms with E-state index in [1.54, 1.807) is 14.2 Å². The summed E-state index contributed by atoms with van der Waals surface area (Å²) in [5, 5.41) is 6.68. The molecule has 0 aromatic heterocycles. The van der Waals surface area contributed by atoms with Crippen molar-refractivity contribution in [3.05, 3.63) is 17.7 Å². The van der Waals surface area contributed by atoms with Gasteiger partial charge in [0.1, 0.15) is 11.5 Å². The van der Waals surface area contributed by atoms with E-state index < -0.39 is 0 Å². The van der Waals surface area contributed by atoms with Gasteiger partial charge in [-0.3, -0.25) is 0 Å². The summed E-state index contributed by atoms with van der Waals surface area (Å²) in [5.41, 5.74) is 1.99. The number of morpholine rings is 1. The van der Waals surface area contributed by atoms with Crippen LogP contribution in [0.2, 0.25) is 0 Å². The maximum Gasteiger partial charge on any atom is 0.142 e. The van der Waals surface area contributed by atoms with E-state index in [0.717, 1.165) is 49.0 Å². The average molecular weight is 266 g/mol. The van der Waals surface area contributed by atoms with Crippen molar-refractivity contribution in [1.82, 2.24) is 5.32 Å². The topological polar surface area (TPSA) is 51.8 Å². The van der Waals surface area contributed by atoms with Gasteiger partial charge in [0.15, 0.2) is 0 Å². The largest absolute Gasteiger partial charge is 0.496 e. The summed E-state index contributed by atoms with van der Waals surface area (Å²) in [4.78, 5) is 0. The molecule has 1 atom stereocenters. The van der Waals surface area contributed by atoms with Gasteiger partial charge in [0.25, 0.3) is 0 Å². The minimum Gasteiger partial charge on any atom is -0.496 e. The number of aryl methyl sites for hydroxylation is 1. The third kappa shape index (κ3) is 3.52. The number of hydrogen-bond donors (Lipinski definition) is 2. The highest BCUT2D eigenvalue weighted by atomic mass is 16.5. The summed E-state index contributed by atoms with van der Waals surface area (Å²) < 4.78 is 16.4. The molecule has 0 amide bonds. The number of anilines is 1. The fraction of sp³-hybridized carbons (Fsp3) is 0.571. The summed E-state index contributed by atoms with van der Waals surface area (Å²) in [7, 11) is 3.35. The lowest BCUT2D eigenvalue weighted by molar-refractivity contribution is 0.0372. The Kier molecular flexibility index (Phi) is 4.87. The van der Waals surface area contributed by atoms with Crippen molar-refractivity contribution in [2.75, 3.05) is 45.8 Å². The van der Waals surface area contributed by atoms with Gasteiger partial charge in [-0.1, -0.05) is 0 Å². The van der Waals surface area contributed by atoms with Crippen LogP contribution in [0.15, 0.2) is 12.1 Å². The van der Waals surface area contributed by atoms with Crippen LogP contribution in [0.4, 0.5) is 5.69 Å². The molecular weight excluding hydrogens is 244 g/mol. The second kappa shape index (κ2) is 6.63. The molecule has 1 unspecified atom stereocenters. The molecule has 1 saturated heterocycles. The molecule has 1 fully saturated rings. The monoisotopic (exact) mass is 266 g/mol. The van der Waals surface area contributed by atoms with Crippen LogP contribution < -0.4 is 20.1 Å². The second-order valence-corrected chi connectivity index (χ2v) is 4.60. The normalized spacial score (nSPS) is 19.0. The Morgan fingerprint density at radius 2 is 2.11 bits per heavy atom. The van der Waals surface area contributed by atoms with E-state index in [1.807, 2.05) is 19.1 Å². The van der Waals surface area contributed by atoms with Crippen LogP contribution >= 0.6 is 0 Å². The van der Waals surface area contributed by atoms with Gasteiger partial charge in [-0.05, 0) is 18.6 Å². The van der Waals surface area contributed by atoms with Crippen molar-refractivity contribution in [3.8, 4) is 11.5 Å². The Morgan fingerprint density at radius 3 is 2.74 bits per heavy atom. The molecule has 1 heterocycles. The lowest BCUT2D eigenvalue weighted by Crippen LogP contribution is -2.42. The van der Waals surface area contributed by atoms with Gasteiger partial charge in [-0.25, -0.2) is 0 Å². The van der Waals surface area contributed by atoms with Gasteiger partial charge in [-0.2, -0.15) is 0 Å². The van der Waals surface area contributed by atoms with Crippen molar-refractivity contribution in [2.24, 2.45) is 0 Å². The van der Waals surface area contributed by atoms with E-state index >= 15 is 0 Å². The molecule has 2 rings (SSSR count). The molecule has 19 heavy (non-hydrogen) atoms. The van der Waals surface area contributed by atoms with Gasteiger partial charge in [0.2, 0.25) is 0 Å². The van der Waals surface area contributed by atoms with E-state index in [2.05, 4.69) is 10.6 Å². The Labute approximate surface area is 114 Å². The second-order valence-electron chi connectivity index (χ2n) is 4.60. The number of ether oxygens (including phenoxy) is 3. The van der Waals surface area contributed by atoms with Crippen molar-refractivity contribution in [3.63, 3.8) is 0 Å². The van der Waals surface area contributed by atoms with Crippen LogP contribution in [0.1, 0.15) is 5.56 Å². The summed E-state index contributed by atoms with van der Waals surface area (Å²) in [6.07, 6.45) is 0.186. The maximum absolute atomic E-state index is 5.66. The molecule has 0 bridgehead atoms. The third-order valence-corrected chi connectivity index (χ3v) is 3.24. The lowest BCUT2D eigenvalue weighted by atomic mass is 10.1. The summed E-state index contributed by atoms with van der Waals surface area (Å²) in [6, 6.07) is 3.94. The van der Waals surface area contributed by atoms with E-state index in [9.17, 15) is 0 Å². The van der Waals surface area contributed by atoms with Gasteiger partial charge < -0.3 is 24.8 Å². The first-order valence-electron chi connectivity index (χ1n) is 6.53. The first-order valence-corrected chi connectivity index (χ1v) is 6.53. The Bertz CT molecular complexity index is 417. The van der Waals surface area contributed by atoms with Crippen LogP contribution in [0.5, 0.6) is 11.5 Å². The molecule has 5 nitrogen and oxygen atoms in total. The van der Waals surface area contributed by atoms with Gasteiger partial charge in [0, 0.05) is 25.7 Å². The Hall–Kier alpha value is -1.46. The molecule has 0 saturated carbocycles. The quantitative estimate of drug-likeness (QED) is 0.844. The molecular formula is C14H22N2O3. The molecule has 1 aromatic rings. The molecule has 106 valence electrons. The van der Waals surface area contributed by atoms with Gasteiger partial charge in [-0.15, -0.1) is 0 Å². The van der Waals surface area contributed by atoms with E-state index in [4.69, 9.17) is 14.2 Å². The van der Waals surface area contributed by atoms with Crippen LogP contribution in [-0.2, 0) is 4.74 Å². The Morgan fingerprint density at radius 1 is 1.32 bits per heavy atom. The first kappa shape index (κ1) is 14.0. The molecule has 1 aliphatic rings. The maximum atomic E-state index is 5.66. The Balaban J connectivity index is 2.05. The zero-order valence-corrected chi connectivity index (χ0v) is 11.8. The number of rotatable bonds is 5. The van der Waals surface area contributed by atoms with Crippen LogP contribution in [0.25, 0.3) is 0 Å². The smallest absolute Gasteiger partial charge is 0.142 e. The van der Waals surface area contributed by atoms with Crippen molar-refractivity contribution < 1.29 is 14.2 Å². The fourth-order valence-electron chi connectivity index (χ4n) is 2.16. The van der Waals surface area contributed by atoms with Gasteiger partial charge in [0.05, 0.1) is 32.6 Å². The first-order chi connectivity index (χ1) is 9.24. The highest BCUT2D eigenvalue weighted by Gasteiger charge is 2.14. The average Bonchev–Trinajstić information content (AvgIpc) is 2.46. The highest BCUT2D eigenvalue weighted by molar-refractivity contribution is 5.62.